The average Bonchev–Trinajstić information content (AvgIpc) is 3.27. The smallest absolute Gasteiger partial charge is 0.338 e. The van der Waals surface area contributed by atoms with Crippen LogP contribution in [0, 0.1) is 0 Å². The Morgan fingerprint density at radius 1 is 1.18 bits per heavy atom. The molecule has 3 rings (SSSR count). The number of esters is 1. The molecule has 1 aromatic heterocycles. The number of likely N-dealkylation sites (N-methyl/N-ethyl adjacent to an activating group) is 1. The zero-order valence-electron chi connectivity index (χ0n) is 15.6. The first kappa shape index (κ1) is 19.6. The van der Waals surface area contributed by atoms with E-state index in [0.29, 0.717) is 31.9 Å². The Bertz CT molecular complexity index is 813. The first-order chi connectivity index (χ1) is 13.5. The lowest BCUT2D eigenvalue weighted by atomic mass is 10.2. The van der Waals surface area contributed by atoms with E-state index in [9.17, 15) is 14.4 Å². The molecule has 1 aliphatic rings. The highest BCUT2D eigenvalue weighted by Gasteiger charge is 2.21. The van der Waals surface area contributed by atoms with Crippen LogP contribution in [0.1, 0.15) is 10.4 Å². The quantitative estimate of drug-likeness (QED) is 0.665. The Labute approximate surface area is 162 Å². The van der Waals surface area contributed by atoms with Crippen molar-refractivity contribution < 1.29 is 23.9 Å². The highest BCUT2D eigenvalue weighted by Crippen LogP contribution is 2.10. The Morgan fingerprint density at radius 3 is 2.54 bits per heavy atom. The van der Waals surface area contributed by atoms with Crippen LogP contribution in [0.2, 0.25) is 0 Å². The van der Waals surface area contributed by atoms with Crippen molar-refractivity contribution in [2.75, 3.05) is 46.5 Å². The van der Waals surface area contributed by atoms with Gasteiger partial charge in [-0.25, -0.2) is 9.48 Å². The number of hydrogen-bond acceptors (Lipinski definition) is 6. The largest absolute Gasteiger partial charge is 0.452 e. The van der Waals surface area contributed by atoms with Crippen LogP contribution >= 0.6 is 0 Å². The minimum Gasteiger partial charge on any atom is -0.452 e. The molecule has 0 unspecified atom stereocenters. The molecular formula is C19H22N4O5. The molecule has 2 amide bonds. The number of carbonyl (C=O) groups excluding carboxylic acids is 3. The summed E-state index contributed by atoms with van der Waals surface area (Å²) in [4.78, 5) is 39.4. The third-order valence-electron chi connectivity index (χ3n) is 4.36. The molecule has 0 spiro atoms. The number of rotatable bonds is 6. The van der Waals surface area contributed by atoms with E-state index in [1.807, 2.05) is 0 Å². The molecular weight excluding hydrogens is 364 g/mol. The summed E-state index contributed by atoms with van der Waals surface area (Å²) in [6.07, 6.45) is 3.45. The van der Waals surface area contributed by atoms with Crippen LogP contribution in [0.25, 0.3) is 5.69 Å². The van der Waals surface area contributed by atoms with E-state index < -0.39 is 18.5 Å². The Balaban J connectivity index is 1.46. The van der Waals surface area contributed by atoms with Gasteiger partial charge in [0.15, 0.2) is 6.61 Å². The van der Waals surface area contributed by atoms with Crippen LogP contribution in [0.5, 0.6) is 0 Å². The topological polar surface area (TPSA) is 94.0 Å². The van der Waals surface area contributed by atoms with Gasteiger partial charge in [0.2, 0.25) is 5.91 Å². The molecule has 1 aromatic carbocycles. The zero-order valence-corrected chi connectivity index (χ0v) is 15.6. The van der Waals surface area contributed by atoms with Crippen molar-refractivity contribution in [1.82, 2.24) is 19.6 Å². The van der Waals surface area contributed by atoms with Crippen molar-refractivity contribution in [2.24, 2.45) is 0 Å². The van der Waals surface area contributed by atoms with Crippen molar-refractivity contribution in [2.45, 2.75) is 0 Å². The molecule has 9 nitrogen and oxygen atoms in total. The summed E-state index contributed by atoms with van der Waals surface area (Å²) in [5, 5.41) is 4.11. The second kappa shape index (κ2) is 9.14. The molecule has 1 fully saturated rings. The standard InChI is InChI=1S/C19H22N4O5/c1-21(13-17(24)22-9-11-27-12-10-22)18(25)14-28-19(26)15-3-5-16(6-4-15)23-8-2-7-20-23/h2-8H,9-14H2,1H3. The Hall–Kier alpha value is -3.20. The van der Waals surface area contributed by atoms with E-state index >= 15 is 0 Å². The van der Waals surface area contributed by atoms with Crippen LogP contribution in [-0.4, -0.2) is 83.9 Å². The van der Waals surface area contributed by atoms with Gasteiger partial charge >= 0.3 is 5.97 Å². The molecule has 2 heterocycles. The zero-order chi connectivity index (χ0) is 19.9. The normalized spacial score (nSPS) is 13.8. The molecule has 1 aliphatic heterocycles. The van der Waals surface area contributed by atoms with Crippen LogP contribution in [-0.2, 0) is 19.1 Å². The van der Waals surface area contributed by atoms with Crippen LogP contribution in [0.3, 0.4) is 0 Å². The number of ether oxygens (including phenoxy) is 2. The Kier molecular flexibility index (Phi) is 6.38. The molecule has 0 aliphatic carbocycles. The number of morpholine rings is 1. The lowest BCUT2D eigenvalue weighted by Gasteiger charge is -2.28. The molecule has 1 saturated heterocycles. The summed E-state index contributed by atoms with van der Waals surface area (Å²) < 4.78 is 11.9. The van der Waals surface area contributed by atoms with E-state index in [1.165, 1.54) is 11.9 Å². The SMILES string of the molecule is CN(CC(=O)N1CCOCC1)C(=O)COC(=O)c1ccc(-n2cccn2)cc1. The van der Waals surface area contributed by atoms with Gasteiger partial charge in [-0.3, -0.25) is 9.59 Å². The Morgan fingerprint density at radius 2 is 1.89 bits per heavy atom. The summed E-state index contributed by atoms with van der Waals surface area (Å²) in [5.41, 5.74) is 1.13. The van der Waals surface area contributed by atoms with Gasteiger partial charge in [-0.2, -0.15) is 5.10 Å². The molecule has 2 aromatic rings. The van der Waals surface area contributed by atoms with Crippen molar-refractivity contribution in [3.05, 3.63) is 48.3 Å². The lowest BCUT2D eigenvalue weighted by molar-refractivity contribution is -0.143. The minimum atomic E-state index is -0.603. The van der Waals surface area contributed by atoms with Gasteiger partial charge in [-0.05, 0) is 30.3 Å². The fourth-order valence-corrected chi connectivity index (χ4v) is 2.70. The highest BCUT2D eigenvalue weighted by atomic mass is 16.5. The molecule has 148 valence electrons. The third-order valence-corrected chi connectivity index (χ3v) is 4.36. The summed E-state index contributed by atoms with van der Waals surface area (Å²) in [5.74, 6) is -1.20. The number of carbonyl (C=O) groups is 3. The number of amides is 2. The number of aromatic nitrogens is 2. The van der Waals surface area contributed by atoms with E-state index in [-0.39, 0.29) is 12.5 Å². The van der Waals surface area contributed by atoms with Gasteiger partial charge in [0.1, 0.15) is 0 Å². The molecule has 0 N–H and O–H groups in total. The van der Waals surface area contributed by atoms with E-state index in [1.54, 1.807) is 52.3 Å². The van der Waals surface area contributed by atoms with E-state index in [4.69, 9.17) is 9.47 Å². The maximum Gasteiger partial charge on any atom is 0.338 e. The molecule has 0 radical (unpaired) electrons. The van der Waals surface area contributed by atoms with Gasteiger partial charge in [-0.15, -0.1) is 0 Å². The van der Waals surface area contributed by atoms with Crippen molar-refractivity contribution >= 4 is 17.8 Å². The van der Waals surface area contributed by atoms with Gasteiger partial charge in [0, 0.05) is 32.5 Å². The maximum atomic E-state index is 12.2. The molecule has 0 bridgehead atoms. The first-order valence-electron chi connectivity index (χ1n) is 8.91. The van der Waals surface area contributed by atoms with Crippen molar-refractivity contribution in [3.63, 3.8) is 0 Å². The predicted molar refractivity (Wildman–Crippen MR) is 98.9 cm³/mol. The van der Waals surface area contributed by atoms with E-state index in [2.05, 4.69) is 5.10 Å². The fraction of sp³-hybridized carbons (Fsp3) is 0.368. The van der Waals surface area contributed by atoms with Crippen LogP contribution in [0.15, 0.2) is 42.7 Å². The van der Waals surface area contributed by atoms with Crippen molar-refractivity contribution in [3.8, 4) is 5.69 Å². The monoisotopic (exact) mass is 386 g/mol. The average molecular weight is 386 g/mol. The second-order valence-electron chi connectivity index (χ2n) is 6.32. The van der Waals surface area contributed by atoms with Gasteiger partial charge in [0.05, 0.1) is 31.0 Å². The summed E-state index contributed by atoms with van der Waals surface area (Å²) in [6, 6.07) is 8.48. The van der Waals surface area contributed by atoms with Gasteiger partial charge in [0.25, 0.3) is 5.91 Å². The highest BCUT2D eigenvalue weighted by molar-refractivity contribution is 5.92. The fourth-order valence-electron chi connectivity index (χ4n) is 2.70. The van der Waals surface area contributed by atoms with Crippen molar-refractivity contribution in [1.29, 1.82) is 0 Å². The third kappa shape index (κ3) is 4.95. The molecule has 0 atom stereocenters. The molecule has 0 saturated carbocycles. The maximum absolute atomic E-state index is 12.2. The number of hydrogen-bond donors (Lipinski definition) is 0. The summed E-state index contributed by atoms with van der Waals surface area (Å²) in [6.45, 7) is 1.55. The summed E-state index contributed by atoms with van der Waals surface area (Å²) in [7, 11) is 1.51. The van der Waals surface area contributed by atoms with Crippen LogP contribution < -0.4 is 0 Å². The predicted octanol–water partition coefficient (Wildman–Crippen LogP) is 0.346. The van der Waals surface area contributed by atoms with E-state index in [0.717, 1.165) is 5.69 Å². The summed E-state index contributed by atoms with van der Waals surface area (Å²) >= 11 is 0. The lowest BCUT2D eigenvalue weighted by Crippen LogP contribution is -2.46. The molecule has 9 heteroatoms. The number of benzene rings is 1. The van der Waals surface area contributed by atoms with Gasteiger partial charge in [-0.1, -0.05) is 0 Å². The van der Waals surface area contributed by atoms with Crippen LogP contribution in [0.4, 0.5) is 0 Å². The first-order valence-corrected chi connectivity index (χ1v) is 8.91. The number of nitrogens with zero attached hydrogens (tertiary/aromatic N) is 4. The molecule has 28 heavy (non-hydrogen) atoms. The van der Waals surface area contributed by atoms with Gasteiger partial charge < -0.3 is 19.3 Å². The minimum absolute atomic E-state index is 0.0606. The second-order valence-corrected chi connectivity index (χ2v) is 6.32.